The zero-order valence-electron chi connectivity index (χ0n) is 13.0. The Kier molecular flexibility index (Phi) is 4.28. The molecule has 3 heterocycles. The maximum absolute atomic E-state index is 11.8. The van der Waals surface area contributed by atoms with Gasteiger partial charge in [0.05, 0.1) is 11.4 Å². The van der Waals surface area contributed by atoms with Gasteiger partial charge in [0, 0.05) is 52.7 Å². The smallest absolute Gasteiger partial charge is 0.279 e. The van der Waals surface area contributed by atoms with Crippen LogP contribution in [0.15, 0.2) is 24.5 Å². The van der Waals surface area contributed by atoms with Gasteiger partial charge in [-0.3, -0.25) is 4.68 Å². The molecule has 1 fully saturated rings. The highest BCUT2D eigenvalue weighted by Crippen LogP contribution is 2.19. The molecule has 0 bridgehead atoms. The van der Waals surface area contributed by atoms with Crippen LogP contribution < -0.4 is 9.62 Å². The summed E-state index contributed by atoms with van der Waals surface area (Å²) < 4.78 is 29.1. The molecule has 1 aliphatic rings. The number of hydrogen-bond acceptors (Lipinski definition) is 6. The summed E-state index contributed by atoms with van der Waals surface area (Å²) in [6.45, 7) is 1.91. The molecule has 0 spiro atoms. The number of nitrogens with one attached hydrogen (secondary N) is 1. The number of nitrogens with zero attached hydrogens (tertiary/aromatic N) is 6. The van der Waals surface area contributed by atoms with Crippen molar-refractivity contribution in [3.05, 3.63) is 24.5 Å². The van der Waals surface area contributed by atoms with Crippen molar-refractivity contribution in [3.63, 3.8) is 0 Å². The van der Waals surface area contributed by atoms with E-state index in [9.17, 15) is 8.42 Å². The highest BCUT2D eigenvalue weighted by molar-refractivity contribution is 7.87. The number of hydrogen-bond donors (Lipinski definition) is 1. The van der Waals surface area contributed by atoms with Gasteiger partial charge in [-0.25, -0.2) is 14.7 Å². The molecule has 1 aliphatic heterocycles. The van der Waals surface area contributed by atoms with Crippen LogP contribution in [0.2, 0.25) is 0 Å². The second kappa shape index (κ2) is 6.22. The highest BCUT2D eigenvalue weighted by Gasteiger charge is 2.26. The van der Waals surface area contributed by atoms with E-state index in [4.69, 9.17) is 0 Å². The first-order chi connectivity index (χ1) is 11.0. The Morgan fingerprint density at radius 3 is 2.48 bits per heavy atom. The summed E-state index contributed by atoms with van der Waals surface area (Å²) in [5.41, 5.74) is 1.70. The summed E-state index contributed by atoms with van der Waals surface area (Å²) in [4.78, 5) is 10.9. The van der Waals surface area contributed by atoms with Crippen molar-refractivity contribution >= 4 is 16.2 Å². The Morgan fingerprint density at radius 2 is 1.87 bits per heavy atom. The molecule has 3 rings (SSSR count). The molecule has 10 heteroatoms. The summed E-state index contributed by atoms with van der Waals surface area (Å²) in [6.07, 6.45) is 3.43. The largest absolute Gasteiger partial charge is 0.338 e. The molecule has 0 atom stereocenters. The third-order valence-corrected chi connectivity index (χ3v) is 5.41. The van der Waals surface area contributed by atoms with E-state index in [0.29, 0.717) is 32.1 Å². The number of piperazine rings is 1. The SMILES string of the molecule is CNS(=O)(=O)N1CCN(c2nccc(-c3ccnn3C)n2)CC1. The Labute approximate surface area is 135 Å². The average molecular weight is 337 g/mol. The molecular weight excluding hydrogens is 318 g/mol. The molecule has 1 saturated heterocycles. The van der Waals surface area contributed by atoms with Gasteiger partial charge in [-0.2, -0.15) is 17.8 Å². The van der Waals surface area contributed by atoms with E-state index in [1.807, 2.05) is 24.1 Å². The van der Waals surface area contributed by atoms with Crippen LogP contribution in [0.25, 0.3) is 11.4 Å². The Balaban J connectivity index is 1.76. The molecule has 0 aliphatic carbocycles. The molecule has 0 saturated carbocycles. The van der Waals surface area contributed by atoms with Gasteiger partial charge >= 0.3 is 0 Å². The second-order valence-electron chi connectivity index (χ2n) is 5.18. The molecule has 0 radical (unpaired) electrons. The summed E-state index contributed by atoms with van der Waals surface area (Å²) in [5, 5.41) is 4.14. The van der Waals surface area contributed by atoms with E-state index < -0.39 is 10.2 Å². The second-order valence-corrected chi connectivity index (χ2v) is 7.05. The lowest BCUT2D eigenvalue weighted by atomic mass is 10.3. The van der Waals surface area contributed by atoms with Crippen LogP contribution in [0.3, 0.4) is 0 Å². The lowest BCUT2D eigenvalue weighted by Gasteiger charge is -2.33. The van der Waals surface area contributed by atoms with Crippen molar-refractivity contribution in [2.24, 2.45) is 7.05 Å². The minimum Gasteiger partial charge on any atom is -0.338 e. The van der Waals surface area contributed by atoms with E-state index in [1.54, 1.807) is 17.1 Å². The topological polar surface area (TPSA) is 96.3 Å². The monoisotopic (exact) mass is 337 g/mol. The van der Waals surface area contributed by atoms with Gasteiger partial charge in [0.1, 0.15) is 0 Å². The van der Waals surface area contributed by atoms with Crippen LogP contribution in [-0.2, 0) is 17.3 Å². The fourth-order valence-electron chi connectivity index (χ4n) is 2.53. The van der Waals surface area contributed by atoms with Crippen molar-refractivity contribution < 1.29 is 8.42 Å². The quantitative estimate of drug-likeness (QED) is 0.805. The first-order valence-electron chi connectivity index (χ1n) is 7.26. The summed E-state index contributed by atoms with van der Waals surface area (Å²) in [6, 6.07) is 3.73. The number of aryl methyl sites for hydroxylation is 1. The molecule has 0 unspecified atom stereocenters. The van der Waals surface area contributed by atoms with Crippen LogP contribution in [0.5, 0.6) is 0 Å². The highest BCUT2D eigenvalue weighted by atomic mass is 32.2. The van der Waals surface area contributed by atoms with Gasteiger partial charge in [0.2, 0.25) is 5.95 Å². The van der Waals surface area contributed by atoms with Gasteiger partial charge in [0.15, 0.2) is 0 Å². The van der Waals surface area contributed by atoms with Crippen LogP contribution in [-0.4, -0.2) is 65.7 Å². The summed E-state index contributed by atoms with van der Waals surface area (Å²) in [5.74, 6) is 0.602. The van der Waals surface area contributed by atoms with E-state index in [-0.39, 0.29) is 0 Å². The fourth-order valence-corrected chi connectivity index (χ4v) is 3.43. The van der Waals surface area contributed by atoms with Gasteiger partial charge < -0.3 is 4.90 Å². The molecule has 9 nitrogen and oxygen atoms in total. The molecule has 0 aromatic carbocycles. The van der Waals surface area contributed by atoms with Crippen molar-refractivity contribution in [2.45, 2.75) is 0 Å². The number of anilines is 1. The van der Waals surface area contributed by atoms with E-state index in [0.717, 1.165) is 11.4 Å². The van der Waals surface area contributed by atoms with Gasteiger partial charge in [-0.15, -0.1) is 0 Å². The van der Waals surface area contributed by atoms with Crippen molar-refractivity contribution in [3.8, 4) is 11.4 Å². The minimum absolute atomic E-state index is 0.405. The van der Waals surface area contributed by atoms with Crippen LogP contribution in [0.1, 0.15) is 0 Å². The van der Waals surface area contributed by atoms with Crippen molar-refractivity contribution in [1.29, 1.82) is 0 Å². The standard InChI is InChI=1S/C13H19N7O2S/c1-14-23(21,22)20-9-7-19(8-10-20)13-15-5-3-11(17-13)12-4-6-16-18(12)2/h3-6,14H,7-10H2,1-2H3. The van der Waals surface area contributed by atoms with Gasteiger partial charge in [-0.05, 0) is 12.1 Å². The van der Waals surface area contributed by atoms with Crippen molar-refractivity contribution in [1.82, 2.24) is 28.8 Å². The van der Waals surface area contributed by atoms with Gasteiger partial charge in [-0.1, -0.05) is 0 Å². The molecule has 1 N–H and O–H groups in total. The predicted octanol–water partition coefficient (Wildman–Crippen LogP) is -0.537. The average Bonchev–Trinajstić information content (AvgIpc) is 3.01. The zero-order chi connectivity index (χ0) is 16.4. The van der Waals surface area contributed by atoms with Crippen LogP contribution in [0, 0.1) is 0 Å². The third kappa shape index (κ3) is 3.19. The third-order valence-electron chi connectivity index (χ3n) is 3.85. The maximum Gasteiger partial charge on any atom is 0.279 e. The van der Waals surface area contributed by atoms with E-state index in [1.165, 1.54) is 11.4 Å². The predicted molar refractivity (Wildman–Crippen MR) is 86.0 cm³/mol. The van der Waals surface area contributed by atoms with Crippen molar-refractivity contribution in [2.75, 3.05) is 38.1 Å². The normalized spacial score (nSPS) is 16.7. The number of aromatic nitrogens is 4. The van der Waals surface area contributed by atoms with Crippen LogP contribution in [0.4, 0.5) is 5.95 Å². The molecule has 23 heavy (non-hydrogen) atoms. The first kappa shape index (κ1) is 15.8. The first-order valence-corrected chi connectivity index (χ1v) is 8.70. The molecule has 124 valence electrons. The minimum atomic E-state index is -3.37. The van der Waals surface area contributed by atoms with E-state index in [2.05, 4.69) is 19.8 Å². The zero-order valence-corrected chi connectivity index (χ0v) is 13.9. The van der Waals surface area contributed by atoms with E-state index >= 15 is 0 Å². The Morgan fingerprint density at radius 1 is 1.13 bits per heavy atom. The Bertz CT molecular complexity index is 781. The lowest BCUT2D eigenvalue weighted by Crippen LogP contribution is -2.51. The molecular formula is C13H19N7O2S. The summed E-state index contributed by atoms with van der Waals surface area (Å²) in [7, 11) is -0.0934. The van der Waals surface area contributed by atoms with Crippen LogP contribution >= 0.6 is 0 Å². The Hall–Kier alpha value is -2.04. The summed E-state index contributed by atoms with van der Waals surface area (Å²) >= 11 is 0. The molecule has 0 amide bonds. The molecule has 2 aromatic heterocycles. The molecule has 2 aromatic rings. The number of rotatable bonds is 4. The van der Waals surface area contributed by atoms with Gasteiger partial charge in [0.25, 0.3) is 10.2 Å². The lowest BCUT2D eigenvalue weighted by molar-refractivity contribution is 0.378. The fraction of sp³-hybridized carbons (Fsp3) is 0.462. The maximum atomic E-state index is 11.8.